The number of carbonyl (C=O) groups excluding carboxylic acids is 1. The van der Waals surface area contributed by atoms with E-state index in [0.29, 0.717) is 55.9 Å². The second kappa shape index (κ2) is 13.4. The van der Waals surface area contributed by atoms with E-state index in [1.54, 1.807) is 12.1 Å². The largest absolute Gasteiger partial charge is 0.461 e. The molecule has 0 spiro atoms. The van der Waals surface area contributed by atoms with Gasteiger partial charge in [-0.3, -0.25) is 9.69 Å². The van der Waals surface area contributed by atoms with Crippen molar-refractivity contribution in [3.8, 4) is 29.0 Å². The molecular formula is C38H34ClF3N6O3S. The standard InChI is InChI=1S/C38H34ClF3N6O3S/c1-20-5-2-3-6-28(20)51-36(49)21-9-13-47(14-10-21)35-24-15-26(39)30(23-7-8-27(41)33-29(23)25(17-43)34(44)52-33)31(42)32(24)45-37(46-35)50-19-38-11-4-12-48(38)18-22(40)16-38/h2-3,5-8,15,21-22H,4,9-14,16,18-19,44H2,1H3/t22-,38+/m1/s1. The number of piperidine rings is 1. The Morgan fingerprint density at radius 3 is 2.73 bits per heavy atom. The molecule has 3 aromatic carbocycles. The summed E-state index contributed by atoms with van der Waals surface area (Å²) in [6.45, 7) is 3.93. The summed E-state index contributed by atoms with van der Waals surface area (Å²) >= 11 is 7.77. The van der Waals surface area contributed by atoms with E-state index in [2.05, 4.69) is 9.88 Å². The molecule has 0 unspecified atom stereocenters. The second-order valence-corrected chi connectivity index (χ2v) is 15.3. The van der Waals surface area contributed by atoms with Gasteiger partial charge in [-0.1, -0.05) is 35.9 Å². The molecule has 52 heavy (non-hydrogen) atoms. The first-order valence-corrected chi connectivity index (χ1v) is 18.4. The molecule has 2 aromatic heterocycles. The number of nitrogens with zero attached hydrogens (tertiary/aromatic N) is 5. The smallest absolute Gasteiger partial charge is 0.319 e. The third-order valence-electron chi connectivity index (χ3n) is 10.7. The summed E-state index contributed by atoms with van der Waals surface area (Å²) in [6, 6.07) is 13.4. The molecule has 5 aromatic rings. The first-order chi connectivity index (χ1) is 25.1. The van der Waals surface area contributed by atoms with E-state index in [-0.39, 0.29) is 66.8 Å². The number of fused-ring (bicyclic) bond motifs is 3. The van der Waals surface area contributed by atoms with Gasteiger partial charge in [0, 0.05) is 42.4 Å². The summed E-state index contributed by atoms with van der Waals surface area (Å²) in [5.41, 5.74) is 6.51. The number of halogens is 4. The number of carbonyl (C=O) groups is 1. The van der Waals surface area contributed by atoms with Gasteiger partial charge in [0.15, 0.2) is 5.82 Å². The van der Waals surface area contributed by atoms with Crippen molar-refractivity contribution in [2.75, 3.05) is 43.4 Å². The number of rotatable bonds is 7. The first-order valence-electron chi connectivity index (χ1n) is 17.2. The van der Waals surface area contributed by atoms with Gasteiger partial charge in [-0.15, -0.1) is 11.3 Å². The number of ether oxygens (including phenoxy) is 2. The molecule has 3 aliphatic rings. The van der Waals surface area contributed by atoms with Crippen molar-refractivity contribution in [3.05, 3.63) is 70.2 Å². The molecule has 3 aliphatic heterocycles. The van der Waals surface area contributed by atoms with Crippen LogP contribution in [0, 0.1) is 35.8 Å². The molecule has 3 fully saturated rings. The molecule has 5 heterocycles. The number of esters is 1. The average Bonchev–Trinajstić information content (AvgIpc) is 3.78. The number of alkyl halides is 1. The van der Waals surface area contributed by atoms with Crippen LogP contribution >= 0.6 is 22.9 Å². The number of para-hydroxylation sites is 1. The van der Waals surface area contributed by atoms with E-state index in [1.165, 1.54) is 12.1 Å². The first kappa shape index (κ1) is 34.4. The quantitative estimate of drug-likeness (QED) is 0.131. The molecule has 0 radical (unpaired) electrons. The van der Waals surface area contributed by atoms with E-state index in [4.69, 9.17) is 31.8 Å². The van der Waals surface area contributed by atoms with Crippen LogP contribution in [0.25, 0.3) is 32.1 Å². The highest BCUT2D eigenvalue weighted by atomic mass is 35.5. The Hall–Kier alpha value is -4.64. The van der Waals surface area contributed by atoms with Crippen molar-refractivity contribution in [1.29, 1.82) is 5.26 Å². The summed E-state index contributed by atoms with van der Waals surface area (Å²) in [4.78, 5) is 26.5. The fourth-order valence-electron chi connectivity index (χ4n) is 8.06. The zero-order chi connectivity index (χ0) is 36.3. The van der Waals surface area contributed by atoms with Gasteiger partial charge >= 0.3 is 12.0 Å². The summed E-state index contributed by atoms with van der Waals surface area (Å²) in [7, 11) is 0. The number of nitrogen functional groups attached to an aromatic ring is 1. The molecule has 0 amide bonds. The Labute approximate surface area is 306 Å². The van der Waals surface area contributed by atoms with Crippen LogP contribution in [0.2, 0.25) is 5.02 Å². The molecule has 268 valence electrons. The van der Waals surface area contributed by atoms with E-state index in [1.807, 2.05) is 36.1 Å². The van der Waals surface area contributed by atoms with Gasteiger partial charge in [0.25, 0.3) is 0 Å². The predicted octanol–water partition coefficient (Wildman–Crippen LogP) is 7.98. The minimum atomic E-state index is -0.963. The van der Waals surface area contributed by atoms with E-state index >= 15 is 4.39 Å². The van der Waals surface area contributed by atoms with Gasteiger partial charge in [0.05, 0.1) is 26.7 Å². The lowest BCUT2D eigenvalue weighted by Crippen LogP contribution is -2.43. The molecule has 3 saturated heterocycles. The Morgan fingerprint density at radius 2 is 1.96 bits per heavy atom. The van der Waals surface area contributed by atoms with Gasteiger partial charge in [-0.2, -0.15) is 15.2 Å². The maximum absolute atomic E-state index is 17.1. The maximum atomic E-state index is 17.1. The minimum Gasteiger partial charge on any atom is -0.461 e. The molecular weight excluding hydrogens is 713 g/mol. The van der Waals surface area contributed by atoms with Crippen LogP contribution in [0.3, 0.4) is 0 Å². The van der Waals surface area contributed by atoms with Crippen molar-refractivity contribution in [3.63, 3.8) is 0 Å². The zero-order valence-electron chi connectivity index (χ0n) is 28.2. The molecule has 8 rings (SSSR count). The van der Waals surface area contributed by atoms with Gasteiger partial charge in [-0.05, 0) is 68.5 Å². The Kier molecular flexibility index (Phi) is 8.88. The summed E-state index contributed by atoms with van der Waals surface area (Å²) < 4.78 is 58.6. The highest BCUT2D eigenvalue weighted by Crippen LogP contribution is 2.46. The molecule has 0 bridgehead atoms. The van der Waals surface area contributed by atoms with Gasteiger partial charge < -0.3 is 20.1 Å². The molecule has 0 saturated carbocycles. The van der Waals surface area contributed by atoms with Crippen LogP contribution < -0.4 is 20.1 Å². The lowest BCUT2D eigenvalue weighted by molar-refractivity contribution is -0.139. The highest BCUT2D eigenvalue weighted by Gasteiger charge is 2.49. The number of benzene rings is 3. The van der Waals surface area contributed by atoms with Crippen LogP contribution in [-0.2, 0) is 4.79 Å². The monoisotopic (exact) mass is 746 g/mol. The Balaban J connectivity index is 1.18. The zero-order valence-corrected chi connectivity index (χ0v) is 29.8. The van der Waals surface area contributed by atoms with E-state index in [9.17, 15) is 18.8 Å². The second-order valence-electron chi connectivity index (χ2n) is 13.8. The van der Waals surface area contributed by atoms with Gasteiger partial charge in [-0.25, -0.2) is 13.2 Å². The maximum Gasteiger partial charge on any atom is 0.319 e. The SMILES string of the molecule is Cc1ccccc1OC(=O)C1CCN(c2nc(OC[C@@]34CCCN3C[C@H](F)C4)nc3c(F)c(-c4ccc(F)c5sc(N)c(C#N)c45)c(Cl)cc23)CC1. The number of hydrogen-bond donors (Lipinski definition) is 1. The van der Waals surface area contributed by atoms with Crippen LogP contribution in [0.4, 0.5) is 24.0 Å². The minimum absolute atomic E-state index is 0.00205. The Bertz CT molecular complexity index is 2290. The van der Waals surface area contributed by atoms with Crippen molar-refractivity contribution >= 4 is 60.7 Å². The van der Waals surface area contributed by atoms with Gasteiger partial charge in [0.2, 0.25) is 0 Å². The number of aryl methyl sites for hydroxylation is 1. The van der Waals surface area contributed by atoms with Crippen molar-refractivity contribution in [1.82, 2.24) is 14.9 Å². The third-order valence-corrected chi connectivity index (χ3v) is 12.0. The molecule has 0 aliphatic carbocycles. The van der Waals surface area contributed by atoms with Crippen LogP contribution in [0.5, 0.6) is 11.8 Å². The Morgan fingerprint density at radius 1 is 1.17 bits per heavy atom. The lowest BCUT2D eigenvalue weighted by Gasteiger charge is -2.33. The molecule has 9 nitrogen and oxygen atoms in total. The normalized spacial score (nSPS) is 20.8. The van der Waals surface area contributed by atoms with E-state index < -0.39 is 23.3 Å². The van der Waals surface area contributed by atoms with E-state index in [0.717, 1.165) is 36.3 Å². The lowest BCUT2D eigenvalue weighted by atomic mass is 9.95. The van der Waals surface area contributed by atoms with Crippen molar-refractivity contribution in [2.24, 2.45) is 5.92 Å². The summed E-state index contributed by atoms with van der Waals surface area (Å²) in [5.74, 6) is -1.18. The van der Waals surface area contributed by atoms with Gasteiger partial charge in [0.1, 0.15) is 46.8 Å². The number of hydrogen-bond acceptors (Lipinski definition) is 10. The van der Waals surface area contributed by atoms with Crippen molar-refractivity contribution < 1.29 is 27.4 Å². The fourth-order valence-corrected chi connectivity index (χ4v) is 9.30. The predicted molar refractivity (Wildman–Crippen MR) is 195 cm³/mol. The average molecular weight is 747 g/mol. The topological polar surface area (TPSA) is 118 Å². The van der Waals surface area contributed by atoms with Crippen LogP contribution in [0.1, 0.15) is 43.2 Å². The highest BCUT2D eigenvalue weighted by molar-refractivity contribution is 7.23. The molecule has 2 atom stereocenters. The number of aromatic nitrogens is 2. The number of anilines is 2. The number of nitrogens with two attached hydrogens (primary N) is 1. The summed E-state index contributed by atoms with van der Waals surface area (Å²) in [5, 5.41) is 10.5. The van der Waals surface area contributed by atoms with Crippen LogP contribution in [-0.4, -0.2) is 65.3 Å². The third kappa shape index (κ3) is 5.87. The molecule has 2 N–H and O–H groups in total. The number of nitriles is 1. The fraction of sp³-hybridized carbons (Fsp3) is 0.368. The molecule has 14 heteroatoms. The number of thiophene rings is 1. The summed E-state index contributed by atoms with van der Waals surface area (Å²) in [6.07, 6.45) is 1.97. The van der Waals surface area contributed by atoms with Crippen LogP contribution in [0.15, 0.2) is 42.5 Å². The van der Waals surface area contributed by atoms with Crippen molar-refractivity contribution in [2.45, 2.75) is 50.7 Å².